The van der Waals surface area contributed by atoms with Gasteiger partial charge in [-0.25, -0.2) is 0 Å². The number of benzene rings is 2. The molecule has 1 heterocycles. The summed E-state index contributed by atoms with van der Waals surface area (Å²) in [6.07, 6.45) is 2.83. The molecule has 2 aliphatic rings. The zero-order chi connectivity index (χ0) is 11.4. The predicted octanol–water partition coefficient (Wildman–Crippen LogP) is 2.94. The van der Waals surface area contributed by atoms with Crippen molar-refractivity contribution < 1.29 is 4.79 Å². The molecule has 0 aromatic heterocycles. The molecule has 0 bridgehead atoms. The van der Waals surface area contributed by atoms with E-state index in [2.05, 4.69) is 23.5 Å². The van der Waals surface area contributed by atoms with E-state index in [1.807, 2.05) is 6.07 Å². The number of hydrogen-bond donors (Lipinski definition) is 1. The van der Waals surface area contributed by atoms with Crippen molar-refractivity contribution in [1.82, 2.24) is 0 Å². The summed E-state index contributed by atoms with van der Waals surface area (Å²) in [6.45, 7) is 0.747. The Balaban J connectivity index is 2.23. The van der Waals surface area contributed by atoms with Crippen LogP contribution < -0.4 is 5.32 Å². The van der Waals surface area contributed by atoms with Crippen LogP contribution in [0.15, 0.2) is 24.3 Å². The minimum absolute atomic E-state index is 0.270. The van der Waals surface area contributed by atoms with Crippen molar-refractivity contribution in [3.8, 4) is 0 Å². The first-order valence-electron chi connectivity index (χ1n) is 6.19. The summed E-state index contributed by atoms with van der Waals surface area (Å²) in [5.74, 6) is 0.270. The van der Waals surface area contributed by atoms with Gasteiger partial charge >= 0.3 is 0 Å². The van der Waals surface area contributed by atoms with E-state index in [0.717, 1.165) is 30.6 Å². The maximum absolute atomic E-state index is 12.1. The van der Waals surface area contributed by atoms with Crippen LogP contribution in [0.25, 0.3) is 10.8 Å². The summed E-state index contributed by atoms with van der Waals surface area (Å²) in [4.78, 5) is 12.1. The molecule has 1 aliphatic heterocycles. The molecule has 2 nitrogen and oxygen atoms in total. The van der Waals surface area contributed by atoms with Crippen LogP contribution in [0.4, 0.5) is 5.69 Å². The third-order valence-electron chi connectivity index (χ3n) is 3.96. The van der Waals surface area contributed by atoms with Crippen LogP contribution >= 0.6 is 0 Å². The summed E-state index contributed by atoms with van der Waals surface area (Å²) >= 11 is 0. The molecular weight excluding hydrogens is 210 g/mol. The van der Waals surface area contributed by atoms with Gasteiger partial charge in [0.1, 0.15) is 0 Å². The van der Waals surface area contributed by atoms with Crippen molar-refractivity contribution in [3.05, 3.63) is 41.0 Å². The van der Waals surface area contributed by atoms with Crippen molar-refractivity contribution in [2.45, 2.75) is 19.3 Å². The zero-order valence-electron chi connectivity index (χ0n) is 9.55. The number of nitrogens with one attached hydrogen (secondary N) is 1. The van der Waals surface area contributed by atoms with Crippen LogP contribution in [0.3, 0.4) is 0 Å². The van der Waals surface area contributed by atoms with Crippen LogP contribution in [0.5, 0.6) is 0 Å². The number of ketones is 1. The smallest absolute Gasteiger partial charge is 0.165 e. The molecule has 1 aliphatic carbocycles. The SMILES string of the molecule is O=C1CCNc2ccc3c4c(ccc1c24)CC3. The molecule has 4 rings (SSSR count). The molecule has 0 saturated carbocycles. The van der Waals surface area contributed by atoms with Crippen molar-refractivity contribution in [2.24, 2.45) is 0 Å². The van der Waals surface area contributed by atoms with Gasteiger partial charge in [-0.1, -0.05) is 18.2 Å². The predicted molar refractivity (Wildman–Crippen MR) is 68.8 cm³/mol. The number of anilines is 1. The maximum Gasteiger partial charge on any atom is 0.165 e. The van der Waals surface area contributed by atoms with E-state index in [4.69, 9.17) is 0 Å². The highest BCUT2D eigenvalue weighted by molar-refractivity contribution is 6.15. The van der Waals surface area contributed by atoms with E-state index in [0.29, 0.717) is 6.42 Å². The number of carbonyl (C=O) groups is 1. The first-order valence-corrected chi connectivity index (χ1v) is 6.19. The summed E-state index contributed by atoms with van der Waals surface area (Å²) < 4.78 is 0. The molecule has 0 unspecified atom stereocenters. The van der Waals surface area contributed by atoms with E-state index >= 15 is 0 Å². The quantitative estimate of drug-likeness (QED) is 0.744. The number of Topliss-reactive ketones (excluding diaryl/α,β-unsaturated/α-hetero) is 1. The molecular formula is C15H13NO. The molecule has 0 atom stereocenters. The fourth-order valence-corrected chi connectivity index (χ4v) is 3.15. The summed E-state index contributed by atoms with van der Waals surface area (Å²) in [5, 5.41) is 5.88. The van der Waals surface area contributed by atoms with E-state index in [1.54, 1.807) is 0 Å². The minimum Gasteiger partial charge on any atom is -0.384 e. The van der Waals surface area contributed by atoms with Crippen LogP contribution in [0.2, 0.25) is 0 Å². The normalized spacial score (nSPS) is 17.1. The second kappa shape index (κ2) is 3.10. The van der Waals surface area contributed by atoms with E-state index in [9.17, 15) is 4.79 Å². The highest BCUT2D eigenvalue weighted by Crippen LogP contribution is 2.38. The van der Waals surface area contributed by atoms with Gasteiger partial charge in [0.25, 0.3) is 0 Å². The van der Waals surface area contributed by atoms with Gasteiger partial charge in [0.05, 0.1) is 0 Å². The maximum atomic E-state index is 12.1. The molecule has 0 fully saturated rings. The fourth-order valence-electron chi connectivity index (χ4n) is 3.15. The van der Waals surface area contributed by atoms with Gasteiger partial charge in [-0.2, -0.15) is 0 Å². The Bertz CT molecular complexity index is 647. The first kappa shape index (κ1) is 9.23. The lowest BCUT2D eigenvalue weighted by molar-refractivity contribution is 0.0989. The Morgan fingerprint density at radius 2 is 1.65 bits per heavy atom. The Kier molecular flexibility index (Phi) is 1.68. The van der Waals surface area contributed by atoms with Gasteiger partial charge in [-0.05, 0) is 35.4 Å². The summed E-state index contributed by atoms with van der Waals surface area (Å²) in [6, 6.07) is 8.50. The molecule has 0 spiro atoms. The highest BCUT2D eigenvalue weighted by atomic mass is 16.1. The standard InChI is InChI=1S/C15H13NO/c17-13-7-8-16-12-6-4-10-2-1-9-3-5-11(13)15(12)14(9)10/h3-6,16H,1-2,7-8H2. The number of aryl methyl sites for hydroxylation is 2. The van der Waals surface area contributed by atoms with E-state index < -0.39 is 0 Å². The van der Waals surface area contributed by atoms with Crippen molar-refractivity contribution in [1.29, 1.82) is 0 Å². The Hall–Kier alpha value is -1.83. The minimum atomic E-state index is 0.270. The van der Waals surface area contributed by atoms with E-state index in [-0.39, 0.29) is 5.78 Å². The van der Waals surface area contributed by atoms with Crippen LogP contribution in [0, 0.1) is 0 Å². The average Bonchev–Trinajstić information content (AvgIpc) is 2.70. The van der Waals surface area contributed by atoms with Gasteiger partial charge in [0.2, 0.25) is 0 Å². The summed E-state index contributed by atoms with van der Waals surface area (Å²) in [5.41, 5.74) is 4.84. The van der Waals surface area contributed by atoms with Crippen LogP contribution in [-0.4, -0.2) is 12.3 Å². The van der Waals surface area contributed by atoms with E-state index in [1.165, 1.54) is 21.9 Å². The Morgan fingerprint density at radius 1 is 0.882 bits per heavy atom. The monoisotopic (exact) mass is 223 g/mol. The number of hydrogen-bond acceptors (Lipinski definition) is 2. The molecule has 2 aromatic rings. The molecule has 2 aromatic carbocycles. The average molecular weight is 223 g/mol. The fraction of sp³-hybridized carbons (Fsp3) is 0.267. The molecule has 0 saturated heterocycles. The van der Waals surface area contributed by atoms with Crippen LogP contribution in [-0.2, 0) is 12.8 Å². The Labute approximate surface area is 99.6 Å². The first-order chi connectivity index (χ1) is 8.34. The highest BCUT2D eigenvalue weighted by Gasteiger charge is 2.22. The molecule has 0 radical (unpaired) electrons. The topological polar surface area (TPSA) is 29.1 Å². The third kappa shape index (κ3) is 1.13. The lowest BCUT2D eigenvalue weighted by Crippen LogP contribution is -2.03. The van der Waals surface area contributed by atoms with Gasteiger partial charge in [-0.3, -0.25) is 4.79 Å². The van der Waals surface area contributed by atoms with Crippen LogP contribution in [0.1, 0.15) is 27.9 Å². The molecule has 17 heavy (non-hydrogen) atoms. The second-order valence-electron chi connectivity index (χ2n) is 4.89. The Morgan fingerprint density at radius 3 is 2.47 bits per heavy atom. The molecule has 2 heteroatoms. The number of carbonyl (C=O) groups excluding carboxylic acids is 1. The number of rotatable bonds is 0. The zero-order valence-corrected chi connectivity index (χ0v) is 9.55. The lowest BCUT2D eigenvalue weighted by Gasteiger charge is -2.10. The van der Waals surface area contributed by atoms with Gasteiger partial charge in [0.15, 0.2) is 5.78 Å². The van der Waals surface area contributed by atoms with Crippen molar-refractivity contribution in [2.75, 3.05) is 11.9 Å². The third-order valence-corrected chi connectivity index (χ3v) is 3.96. The largest absolute Gasteiger partial charge is 0.384 e. The van der Waals surface area contributed by atoms with Gasteiger partial charge in [-0.15, -0.1) is 0 Å². The second-order valence-corrected chi connectivity index (χ2v) is 4.89. The van der Waals surface area contributed by atoms with Crippen molar-refractivity contribution in [3.63, 3.8) is 0 Å². The van der Waals surface area contributed by atoms with Crippen molar-refractivity contribution >= 4 is 22.2 Å². The molecule has 84 valence electrons. The van der Waals surface area contributed by atoms with Gasteiger partial charge < -0.3 is 5.32 Å². The molecule has 1 N–H and O–H groups in total. The summed E-state index contributed by atoms with van der Waals surface area (Å²) in [7, 11) is 0. The van der Waals surface area contributed by atoms with Gasteiger partial charge in [0, 0.05) is 29.6 Å². The molecule has 0 amide bonds. The lowest BCUT2D eigenvalue weighted by atomic mass is 9.96.